The van der Waals surface area contributed by atoms with Gasteiger partial charge in [-0.05, 0) is 79.0 Å². The third-order valence-electron chi connectivity index (χ3n) is 6.68. The molecule has 3 rings (SSSR count). The number of methoxy groups -OCH3 is 1. The summed E-state index contributed by atoms with van der Waals surface area (Å²) >= 11 is 0. The summed E-state index contributed by atoms with van der Waals surface area (Å²) in [5.41, 5.74) is 0.0565. The molecule has 2 bridgehead atoms. The van der Waals surface area contributed by atoms with Gasteiger partial charge in [0.25, 0.3) is 0 Å². The van der Waals surface area contributed by atoms with Crippen molar-refractivity contribution in [3.05, 3.63) is 47.4 Å². The van der Waals surface area contributed by atoms with E-state index < -0.39 is 47.5 Å². The summed E-state index contributed by atoms with van der Waals surface area (Å²) in [6.07, 6.45) is 0.518. The highest BCUT2D eigenvalue weighted by Crippen LogP contribution is 2.38. The predicted octanol–water partition coefficient (Wildman–Crippen LogP) is 5.98. The number of esters is 1. The fourth-order valence-corrected chi connectivity index (χ4v) is 4.87. The fourth-order valence-electron chi connectivity index (χ4n) is 4.87. The highest BCUT2D eigenvalue weighted by atomic mass is 16.6. The summed E-state index contributed by atoms with van der Waals surface area (Å²) in [6, 6.07) is 6.14. The van der Waals surface area contributed by atoms with Crippen molar-refractivity contribution in [2.75, 3.05) is 23.9 Å². The predicted molar refractivity (Wildman–Crippen MR) is 167 cm³/mol. The maximum Gasteiger partial charge on any atom is 0.415 e. The molecule has 1 aromatic heterocycles. The summed E-state index contributed by atoms with van der Waals surface area (Å²) in [4.78, 5) is 53.6. The van der Waals surface area contributed by atoms with Gasteiger partial charge in [0.2, 0.25) is 5.69 Å². The third kappa shape index (κ3) is 9.72. The molecule has 1 aliphatic rings. The second-order valence-electron chi connectivity index (χ2n) is 12.6. The molecule has 2 heterocycles. The van der Waals surface area contributed by atoms with E-state index in [-0.39, 0.29) is 30.1 Å². The third-order valence-corrected chi connectivity index (χ3v) is 6.68. The minimum atomic E-state index is -1.10. The summed E-state index contributed by atoms with van der Waals surface area (Å²) in [7, 11) is 1.22. The van der Waals surface area contributed by atoms with Crippen LogP contribution in [-0.2, 0) is 23.7 Å². The van der Waals surface area contributed by atoms with Gasteiger partial charge in [0, 0.05) is 23.4 Å². The van der Waals surface area contributed by atoms with Crippen molar-refractivity contribution in [1.29, 1.82) is 0 Å². The molecule has 2 aromatic rings. The molecule has 45 heavy (non-hydrogen) atoms. The summed E-state index contributed by atoms with van der Waals surface area (Å²) < 4.78 is 22.1. The van der Waals surface area contributed by atoms with E-state index in [4.69, 9.17) is 18.9 Å². The molecule has 0 unspecified atom stereocenters. The molecule has 0 radical (unpaired) electrons. The second-order valence-corrected chi connectivity index (χ2v) is 12.6. The van der Waals surface area contributed by atoms with Crippen molar-refractivity contribution in [2.45, 2.75) is 97.4 Å². The first-order chi connectivity index (χ1) is 21.0. The maximum absolute atomic E-state index is 13.9. The van der Waals surface area contributed by atoms with Crippen molar-refractivity contribution in [1.82, 2.24) is 5.32 Å². The largest absolute Gasteiger partial charge is 0.618 e. The summed E-state index contributed by atoms with van der Waals surface area (Å²) in [6.45, 7) is 12.1. The van der Waals surface area contributed by atoms with Crippen LogP contribution in [0.2, 0.25) is 0 Å². The number of hydrogen-bond acceptors (Lipinski definition) is 9. The first-order valence-corrected chi connectivity index (χ1v) is 14.9. The van der Waals surface area contributed by atoms with Crippen LogP contribution in [0.4, 0.5) is 25.8 Å². The monoisotopic (exact) mass is 628 g/mol. The number of anilines is 2. The first-order valence-electron chi connectivity index (χ1n) is 14.9. The molecule has 246 valence electrons. The molecule has 2 N–H and O–H groups in total. The van der Waals surface area contributed by atoms with Gasteiger partial charge in [-0.25, -0.2) is 19.2 Å². The molecule has 1 aliphatic heterocycles. The molecule has 0 aliphatic carbocycles. The number of amides is 3. The quantitative estimate of drug-likeness (QED) is 0.180. The Balaban J connectivity index is 2.29. The molecule has 0 spiro atoms. The van der Waals surface area contributed by atoms with Crippen molar-refractivity contribution in [3.8, 4) is 11.1 Å². The van der Waals surface area contributed by atoms with E-state index in [1.807, 2.05) is 0 Å². The normalized spacial score (nSPS) is 17.0. The number of rotatable bonds is 4. The minimum absolute atomic E-state index is 0.0850. The van der Waals surface area contributed by atoms with E-state index in [1.54, 1.807) is 72.7 Å². The zero-order valence-electron chi connectivity index (χ0n) is 27.2. The Bertz CT molecular complexity index is 1400. The van der Waals surface area contributed by atoms with Gasteiger partial charge in [0.05, 0.1) is 19.4 Å². The lowest BCUT2D eigenvalue weighted by Gasteiger charge is -2.34. The molecule has 0 saturated carbocycles. The van der Waals surface area contributed by atoms with Crippen LogP contribution in [0.5, 0.6) is 0 Å². The fraction of sp³-hybridized carbons (Fsp3) is 0.531. The van der Waals surface area contributed by atoms with E-state index >= 15 is 0 Å². The van der Waals surface area contributed by atoms with Crippen LogP contribution in [0.25, 0.3) is 11.1 Å². The Kier molecular flexibility index (Phi) is 11.2. The smallest absolute Gasteiger partial charge is 0.415 e. The number of carbonyl (C=O) groups excluding carboxylic acids is 4. The molecule has 2 atom stereocenters. The average molecular weight is 629 g/mol. The number of carbonyl (C=O) groups is 4. The SMILES string of the molecule is CCOC(=O)[C@H]1CCCC[C@H](NC(=O)OC(C)(C)C)c2cc(cc[n+]2[O-])-c2ccc(NC(=O)OC)cc2N1C(=O)OC(C)(C)C. The standard InChI is InChI=1S/C32H44N4O9/c1-9-43-27(37)24-13-11-10-12-23(34-29(39)44-31(2,3)4)26-18-20(16-17-35(26)41)22-15-14-21(33-28(38)42-8)19-25(22)36(24)30(40)45-32(5,6)7/h14-19,23-24H,9-13H2,1-8H3,(H,33,38)(H,34,39)/t23-,24+/m0/s1. The van der Waals surface area contributed by atoms with E-state index in [2.05, 4.69) is 10.6 Å². The van der Waals surface area contributed by atoms with Gasteiger partial charge in [0.1, 0.15) is 23.3 Å². The average Bonchev–Trinajstić information content (AvgIpc) is 2.92. The van der Waals surface area contributed by atoms with Crippen molar-refractivity contribution < 1.29 is 42.9 Å². The van der Waals surface area contributed by atoms with Crippen molar-refractivity contribution in [2.24, 2.45) is 0 Å². The Labute approximate surface area is 263 Å². The van der Waals surface area contributed by atoms with Gasteiger partial charge in [-0.2, -0.15) is 4.73 Å². The number of alkyl carbamates (subject to hydrolysis) is 1. The van der Waals surface area contributed by atoms with E-state index in [0.717, 1.165) is 0 Å². The van der Waals surface area contributed by atoms with Crippen LogP contribution in [0.1, 0.15) is 85.9 Å². The van der Waals surface area contributed by atoms with Crippen LogP contribution in [0.15, 0.2) is 36.5 Å². The number of benzene rings is 1. The Morgan fingerprint density at radius 1 is 0.956 bits per heavy atom. The maximum atomic E-state index is 13.9. The molecule has 0 fully saturated rings. The van der Waals surface area contributed by atoms with Crippen LogP contribution in [0.3, 0.4) is 0 Å². The number of aromatic nitrogens is 1. The van der Waals surface area contributed by atoms with Crippen LogP contribution < -0.4 is 20.3 Å². The summed E-state index contributed by atoms with van der Waals surface area (Å²) in [5.74, 6) is -0.632. The van der Waals surface area contributed by atoms with Crippen LogP contribution >= 0.6 is 0 Å². The van der Waals surface area contributed by atoms with Gasteiger partial charge >= 0.3 is 24.2 Å². The number of pyridine rings is 1. The Hall–Kier alpha value is -4.55. The highest BCUT2D eigenvalue weighted by molar-refractivity contribution is 6.01. The van der Waals surface area contributed by atoms with Crippen LogP contribution in [-0.4, -0.2) is 55.2 Å². The Morgan fingerprint density at radius 2 is 1.62 bits per heavy atom. The van der Waals surface area contributed by atoms with Gasteiger partial charge in [-0.15, -0.1) is 0 Å². The molecule has 3 amide bonds. The highest BCUT2D eigenvalue weighted by Gasteiger charge is 2.37. The van der Waals surface area contributed by atoms with Gasteiger partial charge in [-0.1, -0.05) is 18.9 Å². The molecular formula is C32H44N4O9. The second kappa shape index (κ2) is 14.5. The Morgan fingerprint density at radius 3 is 2.24 bits per heavy atom. The number of nitrogens with zero attached hydrogens (tertiary/aromatic N) is 2. The number of nitrogens with one attached hydrogen (secondary N) is 2. The van der Waals surface area contributed by atoms with Crippen LogP contribution in [0, 0.1) is 5.21 Å². The molecule has 13 nitrogen and oxygen atoms in total. The lowest BCUT2D eigenvalue weighted by molar-refractivity contribution is -0.616. The molecular weight excluding hydrogens is 584 g/mol. The topological polar surface area (TPSA) is 159 Å². The van der Waals surface area contributed by atoms with Gasteiger partial charge in [0.15, 0.2) is 6.20 Å². The van der Waals surface area contributed by atoms with Gasteiger partial charge < -0.3 is 29.5 Å². The lowest BCUT2D eigenvalue weighted by Crippen LogP contribution is -2.48. The van der Waals surface area contributed by atoms with E-state index in [0.29, 0.717) is 35.1 Å². The van der Waals surface area contributed by atoms with Crippen molar-refractivity contribution >= 4 is 35.6 Å². The molecule has 13 heteroatoms. The number of ether oxygens (including phenoxy) is 4. The zero-order valence-corrected chi connectivity index (χ0v) is 27.2. The molecule has 0 saturated heterocycles. The zero-order chi connectivity index (χ0) is 33.5. The van der Waals surface area contributed by atoms with E-state index in [1.165, 1.54) is 24.3 Å². The minimum Gasteiger partial charge on any atom is -0.618 e. The first kappa shape index (κ1) is 34.9. The van der Waals surface area contributed by atoms with E-state index in [9.17, 15) is 24.4 Å². The van der Waals surface area contributed by atoms with Gasteiger partial charge in [-0.3, -0.25) is 10.2 Å². The van der Waals surface area contributed by atoms with Crippen molar-refractivity contribution in [3.63, 3.8) is 0 Å². The summed E-state index contributed by atoms with van der Waals surface area (Å²) in [5, 5.41) is 18.5. The number of fused-ring (bicyclic) bond motifs is 4. The lowest BCUT2D eigenvalue weighted by atomic mass is 9.95. The molecule has 1 aromatic carbocycles. The number of hydrogen-bond donors (Lipinski definition) is 2.